The van der Waals surface area contributed by atoms with Crippen LogP contribution in [0.2, 0.25) is 0 Å². The number of para-hydroxylation sites is 2. The highest BCUT2D eigenvalue weighted by Gasteiger charge is 2.24. The molecule has 0 saturated heterocycles. The van der Waals surface area contributed by atoms with Crippen LogP contribution in [0, 0.1) is 0 Å². The molecule has 0 aliphatic heterocycles. The monoisotopic (exact) mass is 745 g/mol. The molecule has 0 unspecified atom stereocenters. The van der Waals surface area contributed by atoms with Crippen LogP contribution < -0.4 is 0 Å². The Bertz CT molecular complexity index is 3450. The van der Waals surface area contributed by atoms with Crippen LogP contribution in [0.25, 0.3) is 109 Å². The summed E-state index contributed by atoms with van der Waals surface area (Å²) in [4.78, 5) is 15.6. The number of hydrogen-bond donors (Lipinski definition) is 0. The lowest BCUT2D eigenvalue weighted by Gasteiger charge is -2.12. The van der Waals surface area contributed by atoms with Crippen LogP contribution in [0.15, 0.2) is 188 Å². The average Bonchev–Trinajstić information content (AvgIpc) is 3.95. The first-order chi connectivity index (χ1) is 28.3. The summed E-state index contributed by atoms with van der Waals surface area (Å²) in [6.45, 7) is 0. The smallest absolute Gasteiger partial charge is 0.238 e. The first-order valence-electron chi connectivity index (χ1n) is 19.1. The second-order valence-electron chi connectivity index (χ2n) is 14.4. The summed E-state index contributed by atoms with van der Waals surface area (Å²) in [5.41, 5.74) is 9.90. The van der Waals surface area contributed by atoms with Gasteiger partial charge in [0.2, 0.25) is 5.95 Å². The lowest BCUT2D eigenvalue weighted by molar-refractivity contribution is 0.955. The van der Waals surface area contributed by atoms with Gasteiger partial charge in [-0.15, -0.1) is 11.3 Å². The van der Waals surface area contributed by atoms with E-state index in [-0.39, 0.29) is 0 Å². The van der Waals surface area contributed by atoms with Crippen LogP contribution in [0.1, 0.15) is 0 Å². The highest BCUT2D eigenvalue weighted by molar-refractivity contribution is 7.26. The molecular formula is C51H31N5S. The van der Waals surface area contributed by atoms with E-state index >= 15 is 0 Å². The van der Waals surface area contributed by atoms with Gasteiger partial charge in [0.15, 0.2) is 11.6 Å². The topological polar surface area (TPSA) is 48.5 Å². The number of hydrogen-bond acceptors (Lipinski definition) is 4. The molecule has 0 aliphatic carbocycles. The van der Waals surface area contributed by atoms with E-state index in [2.05, 4.69) is 161 Å². The Kier molecular flexibility index (Phi) is 7.03. The third-order valence-corrected chi connectivity index (χ3v) is 12.3. The van der Waals surface area contributed by atoms with Crippen LogP contribution in [0.5, 0.6) is 0 Å². The van der Waals surface area contributed by atoms with Gasteiger partial charge in [-0.3, -0.25) is 4.57 Å². The predicted molar refractivity (Wildman–Crippen MR) is 238 cm³/mol. The average molecular weight is 746 g/mol. The van der Waals surface area contributed by atoms with Crippen LogP contribution in [0.4, 0.5) is 0 Å². The minimum Gasteiger partial charge on any atom is -0.309 e. The minimum absolute atomic E-state index is 0.591. The van der Waals surface area contributed by atoms with Crippen molar-refractivity contribution in [2.24, 2.45) is 0 Å². The largest absolute Gasteiger partial charge is 0.309 e. The molecule has 4 aromatic heterocycles. The Hall–Kier alpha value is -7.41. The van der Waals surface area contributed by atoms with E-state index in [1.54, 1.807) is 0 Å². The highest BCUT2D eigenvalue weighted by Crippen LogP contribution is 2.47. The van der Waals surface area contributed by atoms with E-state index in [1.807, 2.05) is 47.7 Å². The number of benzene rings is 8. The molecule has 4 heterocycles. The van der Waals surface area contributed by atoms with Crippen molar-refractivity contribution in [1.82, 2.24) is 24.1 Å². The van der Waals surface area contributed by atoms with E-state index in [9.17, 15) is 0 Å². The number of fused-ring (bicyclic) bond motifs is 11. The Labute approximate surface area is 331 Å². The fraction of sp³-hybridized carbons (Fsp3) is 0. The molecule has 0 spiro atoms. The summed E-state index contributed by atoms with van der Waals surface area (Å²) in [6.07, 6.45) is 0. The van der Waals surface area contributed by atoms with Gasteiger partial charge in [-0.2, -0.15) is 9.97 Å². The summed E-state index contributed by atoms with van der Waals surface area (Å²) in [7, 11) is 0. The molecule has 0 atom stereocenters. The van der Waals surface area contributed by atoms with Gasteiger partial charge in [-0.05, 0) is 53.6 Å². The van der Waals surface area contributed by atoms with Crippen molar-refractivity contribution in [3.05, 3.63) is 188 Å². The van der Waals surface area contributed by atoms with Gasteiger partial charge in [0.1, 0.15) is 0 Å². The summed E-state index contributed by atoms with van der Waals surface area (Å²) >= 11 is 1.84. The van der Waals surface area contributed by atoms with Crippen LogP contribution in [-0.2, 0) is 0 Å². The van der Waals surface area contributed by atoms with Gasteiger partial charge in [-0.25, -0.2) is 4.98 Å². The molecule has 8 aromatic carbocycles. The van der Waals surface area contributed by atoms with Crippen molar-refractivity contribution in [3.8, 4) is 45.5 Å². The fourth-order valence-corrected chi connectivity index (χ4v) is 9.81. The standard InChI is InChI=1S/C51H31N5S/c1-4-15-32(16-5-1)35-21-14-22-36(31-35)55-41-26-13-11-24-39(41)45-42(55)28-30-43-46(45)47-44(57-43)29-27-38-37-23-10-12-25-40(37)56(48(38)47)51-53-49(33-17-6-2-7-18-33)52-50(54-51)34-19-8-3-9-20-34/h1-31H. The van der Waals surface area contributed by atoms with Crippen molar-refractivity contribution in [1.29, 1.82) is 0 Å². The van der Waals surface area contributed by atoms with Crippen molar-refractivity contribution in [2.75, 3.05) is 0 Å². The van der Waals surface area contributed by atoms with E-state index < -0.39 is 0 Å². The van der Waals surface area contributed by atoms with Crippen LogP contribution in [0.3, 0.4) is 0 Å². The molecule has 0 N–H and O–H groups in total. The highest BCUT2D eigenvalue weighted by atomic mass is 32.1. The first kappa shape index (κ1) is 31.9. The minimum atomic E-state index is 0.591. The molecular weight excluding hydrogens is 715 g/mol. The van der Waals surface area contributed by atoms with Crippen molar-refractivity contribution in [2.45, 2.75) is 0 Å². The number of thiophene rings is 1. The van der Waals surface area contributed by atoms with E-state index in [0.29, 0.717) is 17.6 Å². The van der Waals surface area contributed by atoms with E-state index in [4.69, 9.17) is 15.0 Å². The summed E-state index contributed by atoms with van der Waals surface area (Å²) in [6, 6.07) is 66.6. The maximum absolute atomic E-state index is 5.27. The normalized spacial score (nSPS) is 11.9. The zero-order valence-corrected chi connectivity index (χ0v) is 31.4. The number of aromatic nitrogens is 5. The summed E-state index contributed by atoms with van der Waals surface area (Å²) in [5, 5.41) is 7.24. The molecule has 0 bridgehead atoms. The van der Waals surface area contributed by atoms with Gasteiger partial charge >= 0.3 is 0 Å². The zero-order chi connectivity index (χ0) is 37.5. The molecule has 0 saturated carbocycles. The van der Waals surface area contributed by atoms with Gasteiger partial charge < -0.3 is 4.57 Å². The second-order valence-corrected chi connectivity index (χ2v) is 15.5. The third kappa shape index (κ3) is 4.91. The first-order valence-corrected chi connectivity index (χ1v) is 19.9. The number of rotatable bonds is 5. The SMILES string of the molecule is c1ccc(-c2cccc(-n3c4ccccc4c4c5c(ccc43)sc3ccc4c6ccccc6n(-c6nc(-c7ccccc7)nc(-c7ccccc7)n6)c4c35)c2)cc1. The Morgan fingerprint density at radius 1 is 0.351 bits per heavy atom. The van der Waals surface area contributed by atoms with Crippen molar-refractivity contribution in [3.63, 3.8) is 0 Å². The lowest BCUT2D eigenvalue weighted by atomic mass is 10.0. The third-order valence-electron chi connectivity index (χ3n) is 11.2. The summed E-state index contributed by atoms with van der Waals surface area (Å²) in [5.74, 6) is 1.86. The maximum atomic E-state index is 5.27. The fourth-order valence-electron chi connectivity index (χ4n) is 8.70. The molecule has 0 fully saturated rings. The van der Waals surface area contributed by atoms with Crippen LogP contribution >= 0.6 is 11.3 Å². The second kappa shape index (κ2) is 12.6. The molecule has 0 aliphatic rings. The molecule has 12 aromatic rings. The quantitative estimate of drug-likeness (QED) is 0.176. The molecule has 266 valence electrons. The van der Waals surface area contributed by atoms with Gasteiger partial charge in [0.25, 0.3) is 0 Å². The molecule has 0 amide bonds. The predicted octanol–water partition coefficient (Wildman–Crippen LogP) is 13.4. The molecule has 0 radical (unpaired) electrons. The van der Waals surface area contributed by atoms with Crippen LogP contribution in [-0.4, -0.2) is 24.1 Å². The molecule has 6 heteroatoms. The van der Waals surface area contributed by atoms with Gasteiger partial charge in [-0.1, -0.05) is 146 Å². The van der Waals surface area contributed by atoms with Crippen molar-refractivity contribution >= 4 is 75.1 Å². The Morgan fingerprint density at radius 2 is 0.912 bits per heavy atom. The summed E-state index contributed by atoms with van der Waals surface area (Å²) < 4.78 is 7.17. The zero-order valence-electron chi connectivity index (χ0n) is 30.5. The molecule has 12 rings (SSSR count). The lowest BCUT2D eigenvalue weighted by Crippen LogP contribution is -2.06. The molecule has 5 nitrogen and oxygen atoms in total. The van der Waals surface area contributed by atoms with Crippen molar-refractivity contribution < 1.29 is 0 Å². The van der Waals surface area contributed by atoms with E-state index in [1.165, 1.54) is 53.1 Å². The van der Waals surface area contributed by atoms with Gasteiger partial charge in [0, 0.05) is 58.5 Å². The molecule has 57 heavy (non-hydrogen) atoms. The Morgan fingerprint density at radius 3 is 1.61 bits per heavy atom. The number of nitrogens with zero attached hydrogens (tertiary/aromatic N) is 5. The Balaban J connectivity index is 1.21. The maximum Gasteiger partial charge on any atom is 0.238 e. The van der Waals surface area contributed by atoms with E-state index in [0.717, 1.165) is 38.6 Å². The van der Waals surface area contributed by atoms with Gasteiger partial charge in [0.05, 0.1) is 22.1 Å².